The van der Waals surface area contributed by atoms with Crippen LogP contribution >= 0.6 is 0 Å². The summed E-state index contributed by atoms with van der Waals surface area (Å²) in [6.07, 6.45) is 0.910. The summed E-state index contributed by atoms with van der Waals surface area (Å²) in [4.78, 5) is 32.8. The van der Waals surface area contributed by atoms with Crippen molar-refractivity contribution in [2.45, 2.75) is 24.3 Å². The number of halogens is 1. The van der Waals surface area contributed by atoms with E-state index in [1.165, 1.54) is 17.0 Å². The highest BCUT2D eigenvalue weighted by Crippen LogP contribution is 2.38. The molecule has 0 aliphatic carbocycles. The second-order valence-electron chi connectivity index (χ2n) is 9.10. The maximum Gasteiger partial charge on any atom is 0.246 e. The van der Waals surface area contributed by atoms with Gasteiger partial charge in [-0.25, -0.2) is 4.39 Å². The number of ether oxygens (including phenoxy) is 2. The Morgan fingerprint density at radius 3 is 2.41 bits per heavy atom. The van der Waals surface area contributed by atoms with Gasteiger partial charge in [-0.1, -0.05) is 12.1 Å². The van der Waals surface area contributed by atoms with Gasteiger partial charge in [-0.3, -0.25) is 9.59 Å². The van der Waals surface area contributed by atoms with Crippen LogP contribution < -0.4 is 9.64 Å². The topological polar surface area (TPSA) is 62.3 Å². The molecule has 2 amide bonds. The van der Waals surface area contributed by atoms with E-state index >= 15 is 0 Å². The summed E-state index contributed by atoms with van der Waals surface area (Å²) < 4.78 is 25.0. The Kier molecular flexibility index (Phi) is 7.07. The first kappa shape index (κ1) is 24.0. The van der Waals surface area contributed by atoms with Crippen molar-refractivity contribution in [2.24, 2.45) is 0 Å². The van der Waals surface area contributed by atoms with Crippen molar-refractivity contribution < 1.29 is 23.5 Å². The molecule has 2 aromatic rings. The summed E-state index contributed by atoms with van der Waals surface area (Å²) in [5.74, 6) is 0.125. The van der Waals surface area contributed by atoms with Crippen LogP contribution in [0, 0.1) is 5.82 Å². The van der Waals surface area contributed by atoms with E-state index in [1.807, 2.05) is 30.3 Å². The van der Waals surface area contributed by atoms with Crippen molar-refractivity contribution in [1.29, 1.82) is 0 Å². The summed E-state index contributed by atoms with van der Waals surface area (Å²) in [7, 11) is 5.03. The Balaban J connectivity index is 1.66. The Hall–Kier alpha value is -3.13. The summed E-state index contributed by atoms with van der Waals surface area (Å²) in [5.41, 5.74) is 0.706. The van der Waals surface area contributed by atoms with Crippen LogP contribution in [0.5, 0.6) is 5.75 Å². The lowest BCUT2D eigenvalue weighted by atomic mass is 9.72. The SMILES string of the molecule is COc1ccc(N2CCN(C(=O)C3(c4cccc(F)c4)CCOCC3)[C@H](C(=O)N(C)C)C2)cc1. The summed E-state index contributed by atoms with van der Waals surface area (Å²) in [6.45, 7) is 2.20. The zero-order valence-corrected chi connectivity index (χ0v) is 20.0. The molecule has 8 heteroatoms. The predicted molar refractivity (Wildman–Crippen MR) is 128 cm³/mol. The van der Waals surface area contributed by atoms with E-state index in [4.69, 9.17) is 9.47 Å². The van der Waals surface area contributed by atoms with E-state index in [0.717, 1.165) is 11.4 Å². The summed E-state index contributed by atoms with van der Waals surface area (Å²) >= 11 is 0. The maximum absolute atomic E-state index is 14.2. The Morgan fingerprint density at radius 1 is 1.09 bits per heavy atom. The average Bonchev–Trinajstić information content (AvgIpc) is 2.88. The lowest BCUT2D eigenvalue weighted by molar-refractivity contribution is -0.151. The number of carbonyl (C=O) groups is 2. The van der Waals surface area contributed by atoms with Gasteiger partial charge in [0.15, 0.2) is 0 Å². The van der Waals surface area contributed by atoms with Crippen LogP contribution in [0.15, 0.2) is 48.5 Å². The quantitative estimate of drug-likeness (QED) is 0.674. The fourth-order valence-corrected chi connectivity index (χ4v) is 4.97. The first-order valence-electron chi connectivity index (χ1n) is 11.6. The van der Waals surface area contributed by atoms with Crippen LogP contribution in [0.4, 0.5) is 10.1 Å². The Bertz CT molecular complexity index is 1020. The number of piperazine rings is 1. The van der Waals surface area contributed by atoms with Crippen LogP contribution in [-0.4, -0.2) is 81.7 Å². The van der Waals surface area contributed by atoms with Gasteiger partial charge in [-0.15, -0.1) is 0 Å². The second kappa shape index (κ2) is 10.0. The van der Waals surface area contributed by atoms with Crippen molar-refractivity contribution in [1.82, 2.24) is 9.80 Å². The number of amides is 2. The minimum atomic E-state index is -0.909. The third-order valence-electron chi connectivity index (χ3n) is 6.94. The van der Waals surface area contributed by atoms with Gasteiger partial charge in [-0.2, -0.15) is 0 Å². The number of hydrogen-bond acceptors (Lipinski definition) is 5. The van der Waals surface area contributed by atoms with Crippen molar-refractivity contribution in [3.8, 4) is 5.75 Å². The van der Waals surface area contributed by atoms with E-state index in [9.17, 15) is 14.0 Å². The van der Waals surface area contributed by atoms with Crippen molar-refractivity contribution >= 4 is 17.5 Å². The molecule has 0 radical (unpaired) electrons. The molecule has 182 valence electrons. The van der Waals surface area contributed by atoms with Gasteiger partial charge in [0, 0.05) is 52.6 Å². The molecule has 2 aliphatic rings. The number of likely N-dealkylation sites (N-methyl/N-ethyl adjacent to an activating group) is 1. The molecule has 2 aromatic carbocycles. The molecule has 34 heavy (non-hydrogen) atoms. The molecule has 0 aromatic heterocycles. The molecular formula is C26H32FN3O4. The molecule has 2 heterocycles. The van der Waals surface area contributed by atoms with E-state index in [0.29, 0.717) is 51.3 Å². The van der Waals surface area contributed by atoms with Gasteiger partial charge in [0.1, 0.15) is 17.6 Å². The van der Waals surface area contributed by atoms with E-state index in [2.05, 4.69) is 4.90 Å². The minimum absolute atomic E-state index is 0.129. The second-order valence-corrected chi connectivity index (χ2v) is 9.10. The number of benzene rings is 2. The van der Waals surface area contributed by atoms with Gasteiger partial charge in [0.2, 0.25) is 11.8 Å². The summed E-state index contributed by atoms with van der Waals surface area (Å²) in [6, 6.07) is 13.3. The zero-order chi connectivity index (χ0) is 24.3. The van der Waals surface area contributed by atoms with Crippen LogP contribution in [0.2, 0.25) is 0 Å². The third-order valence-corrected chi connectivity index (χ3v) is 6.94. The van der Waals surface area contributed by atoms with Crippen LogP contribution in [-0.2, 0) is 19.7 Å². The van der Waals surface area contributed by atoms with E-state index < -0.39 is 11.5 Å². The third kappa shape index (κ3) is 4.59. The molecule has 4 rings (SSSR count). The molecule has 0 saturated carbocycles. The zero-order valence-electron chi connectivity index (χ0n) is 20.0. The molecule has 1 atom stereocenters. The van der Waals surface area contributed by atoms with Crippen molar-refractivity contribution in [2.75, 3.05) is 59.0 Å². The molecular weight excluding hydrogens is 437 g/mol. The standard InChI is InChI=1S/C26H32FN3O4/c1-28(2)24(31)23-18-29(21-7-9-22(33-3)10-8-21)13-14-30(23)25(32)26(11-15-34-16-12-26)19-5-4-6-20(27)17-19/h4-10,17,23H,11-16,18H2,1-3H3/t23-/m0/s1. The highest BCUT2D eigenvalue weighted by Gasteiger charge is 2.48. The first-order chi connectivity index (χ1) is 16.4. The van der Waals surface area contributed by atoms with E-state index in [1.54, 1.807) is 32.2 Å². The molecule has 7 nitrogen and oxygen atoms in total. The predicted octanol–water partition coefficient (Wildman–Crippen LogP) is 2.69. The molecule has 0 unspecified atom stereocenters. The molecule has 2 aliphatic heterocycles. The highest BCUT2D eigenvalue weighted by atomic mass is 19.1. The summed E-state index contributed by atoms with van der Waals surface area (Å²) in [5, 5.41) is 0. The van der Waals surface area contributed by atoms with Crippen LogP contribution in [0.25, 0.3) is 0 Å². The highest BCUT2D eigenvalue weighted by molar-refractivity contribution is 5.94. The fraction of sp³-hybridized carbons (Fsp3) is 0.462. The lowest BCUT2D eigenvalue weighted by Crippen LogP contribution is -2.64. The molecule has 2 saturated heterocycles. The molecule has 0 N–H and O–H groups in total. The smallest absolute Gasteiger partial charge is 0.246 e. The number of rotatable bonds is 5. The Labute approximate surface area is 200 Å². The number of hydrogen-bond donors (Lipinski definition) is 0. The number of carbonyl (C=O) groups excluding carboxylic acids is 2. The lowest BCUT2D eigenvalue weighted by Gasteiger charge is -2.47. The first-order valence-corrected chi connectivity index (χ1v) is 11.6. The maximum atomic E-state index is 14.2. The van der Waals surface area contributed by atoms with Gasteiger partial charge in [-0.05, 0) is 54.8 Å². The van der Waals surface area contributed by atoms with Gasteiger partial charge < -0.3 is 24.2 Å². The van der Waals surface area contributed by atoms with Gasteiger partial charge >= 0.3 is 0 Å². The molecule has 0 bridgehead atoms. The number of anilines is 1. The van der Waals surface area contributed by atoms with Crippen LogP contribution in [0.3, 0.4) is 0 Å². The fourth-order valence-electron chi connectivity index (χ4n) is 4.97. The number of methoxy groups -OCH3 is 1. The van der Waals surface area contributed by atoms with Gasteiger partial charge in [0.05, 0.1) is 12.5 Å². The van der Waals surface area contributed by atoms with E-state index in [-0.39, 0.29) is 17.6 Å². The molecule has 0 spiro atoms. The average molecular weight is 470 g/mol. The monoisotopic (exact) mass is 469 g/mol. The Morgan fingerprint density at radius 2 is 1.79 bits per heavy atom. The number of nitrogens with zero attached hydrogens (tertiary/aromatic N) is 3. The van der Waals surface area contributed by atoms with Crippen molar-refractivity contribution in [3.05, 3.63) is 59.9 Å². The minimum Gasteiger partial charge on any atom is -0.497 e. The van der Waals surface area contributed by atoms with Gasteiger partial charge in [0.25, 0.3) is 0 Å². The van der Waals surface area contributed by atoms with Crippen molar-refractivity contribution in [3.63, 3.8) is 0 Å². The normalized spacial score (nSPS) is 20.1. The largest absolute Gasteiger partial charge is 0.497 e. The van der Waals surface area contributed by atoms with Crippen LogP contribution in [0.1, 0.15) is 18.4 Å². The molecule has 2 fully saturated rings.